The van der Waals surface area contributed by atoms with E-state index in [1.807, 2.05) is 163 Å². The molecular weight excluding hydrogens is 975 g/mol. The van der Waals surface area contributed by atoms with E-state index in [-0.39, 0.29) is 5.41 Å². The molecule has 436 valence electrons. The molecule has 0 saturated carbocycles. The molecule has 2 aliphatic rings. The van der Waals surface area contributed by atoms with Crippen molar-refractivity contribution in [2.45, 2.75) is 172 Å². The van der Waals surface area contributed by atoms with E-state index in [1.54, 1.807) is 0 Å². The van der Waals surface area contributed by atoms with Crippen LogP contribution in [0.25, 0.3) is 55.2 Å². The van der Waals surface area contributed by atoms with E-state index in [9.17, 15) is 0 Å². The largest absolute Gasteiger partial charge is 0.344 e. The van der Waals surface area contributed by atoms with E-state index < -0.39 is 0 Å². The molecule has 12 rings (SSSR count). The molecule has 0 N–H and O–H groups in total. The summed E-state index contributed by atoms with van der Waals surface area (Å²) in [7, 11) is 2.12. The van der Waals surface area contributed by atoms with Gasteiger partial charge in [0.25, 0.3) is 0 Å². The Morgan fingerprint density at radius 1 is 0.247 bits per heavy atom. The van der Waals surface area contributed by atoms with Crippen LogP contribution in [0.3, 0.4) is 0 Å². The van der Waals surface area contributed by atoms with Gasteiger partial charge in [0.2, 0.25) is 0 Å². The van der Waals surface area contributed by atoms with Crippen LogP contribution in [0, 0.1) is 27.7 Å². The van der Waals surface area contributed by atoms with E-state index in [1.165, 1.54) is 99.7 Å². The van der Waals surface area contributed by atoms with E-state index in [2.05, 4.69) is 233 Å². The Morgan fingerprint density at radius 2 is 0.531 bits per heavy atom. The number of hydrogen-bond donors (Lipinski definition) is 0. The van der Waals surface area contributed by atoms with Gasteiger partial charge in [0.05, 0.1) is 5.41 Å². The zero-order valence-corrected chi connectivity index (χ0v) is 55.7. The smallest absolute Gasteiger partial charge is 0.0725 e. The zero-order valence-electron chi connectivity index (χ0n) is 55.7. The third kappa shape index (κ3) is 18.7. The summed E-state index contributed by atoms with van der Waals surface area (Å²) in [5, 5.41) is 2.68. The first kappa shape index (κ1) is 75.9. The summed E-state index contributed by atoms with van der Waals surface area (Å²) < 4.78 is 2.24. The minimum atomic E-state index is -0.199. The maximum Gasteiger partial charge on any atom is 0.0725 e. The van der Waals surface area contributed by atoms with Crippen molar-refractivity contribution in [2.24, 2.45) is 7.05 Å². The Labute approximate surface area is 498 Å². The van der Waals surface area contributed by atoms with Gasteiger partial charge in [0.1, 0.15) is 0 Å². The lowest BCUT2D eigenvalue weighted by atomic mass is 9.70. The van der Waals surface area contributed by atoms with Crippen LogP contribution in [-0.4, -0.2) is 4.57 Å². The number of aromatic nitrogens is 1. The van der Waals surface area contributed by atoms with Crippen molar-refractivity contribution < 1.29 is 0 Å². The molecule has 0 radical (unpaired) electrons. The Balaban J connectivity index is 0. The molecule has 1 nitrogen and oxygen atoms in total. The zero-order chi connectivity index (χ0) is 61.9. The maximum absolute atomic E-state index is 2.34. The van der Waals surface area contributed by atoms with E-state index in [0.29, 0.717) is 0 Å². The van der Waals surface area contributed by atoms with Crippen molar-refractivity contribution in [1.82, 2.24) is 4.57 Å². The van der Waals surface area contributed by atoms with E-state index >= 15 is 0 Å². The molecule has 1 heterocycles. The van der Waals surface area contributed by atoms with Gasteiger partial charge in [0, 0.05) is 28.9 Å². The van der Waals surface area contributed by atoms with Gasteiger partial charge < -0.3 is 4.57 Å². The van der Waals surface area contributed by atoms with Gasteiger partial charge in [-0.1, -0.05) is 350 Å². The van der Waals surface area contributed by atoms with Crippen LogP contribution in [0.5, 0.6) is 0 Å². The van der Waals surface area contributed by atoms with Crippen molar-refractivity contribution in [3.05, 3.63) is 263 Å². The molecule has 0 bridgehead atoms. The summed E-state index contributed by atoms with van der Waals surface area (Å²) in [6, 6.07) is 77.8. The molecule has 1 heteroatoms. The lowest BCUT2D eigenvalue weighted by Gasteiger charge is -2.30. The normalized spacial score (nSPS) is 9.89. The summed E-state index contributed by atoms with van der Waals surface area (Å²) in [5.74, 6) is 0. The highest BCUT2D eigenvalue weighted by molar-refractivity contribution is 6.07. The van der Waals surface area contributed by atoms with Gasteiger partial charge >= 0.3 is 0 Å². The highest BCUT2D eigenvalue weighted by Gasteiger charge is 2.52. The monoisotopic (exact) mass is 1090 g/mol. The van der Waals surface area contributed by atoms with Crippen LogP contribution in [-0.2, 0) is 12.5 Å². The fourth-order valence-corrected chi connectivity index (χ4v) is 9.77. The van der Waals surface area contributed by atoms with Crippen molar-refractivity contribution in [2.75, 3.05) is 0 Å². The van der Waals surface area contributed by atoms with Crippen LogP contribution < -0.4 is 0 Å². The first-order valence-electron chi connectivity index (χ1n) is 31.3. The van der Waals surface area contributed by atoms with Gasteiger partial charge in [-0.3, -0.25) is 0 Å². The minimum absolute atomic E-state index is 0.199. The second kappa shape index (κ2) is 44.5. The van der Waals surface area contributed by atoms with Gasteiger partial charge in [-0.05, 0) is 112 Å². The van der Waals surface area contributed by atoms with Crippen LogP contribution in [0.15, 0.2) is 218 Å². The van der Waals surface area contributed by atoms with Crippen LogP contribution in [0.4, 0.5) is 0 Å². The maximum atomic E-state index is 2.34. The summed E-state index contributed by atoms with van der Waals surface area (Å²) in [5.41, 5.74) is 21.7. The molecule has 1 spiro atoms. The van der Waals surface area contributed by atoms with Gasteiger partial charge in [-0.25, -0.2) is 0 Å². The average molecular weight is 1090 g/mol. The molecule has 2 aliphatic carbocycles. The van der Waals surface area contributed by atoms with E-state index in [4.69, 9.17) is 0 Å². The van der Waals surface area contributed by atoms with Gasteiger partial charge in [-0.15, -0.1) is 0 Å². The van der Waals surface area contributed by atoms with Crippen LogP contribution in [0.2, 0.25) is 0 Å². The fourth-order valence-electron chi connectivity index (χ4n) is 9.77. The number of para-hydroxylation sites is 2. The summed E-state index contributed by atoms with van der Waals surface area (Å²) >= 11 is 0. The Morgan fingerprint density at radius 3 is 0.889 bits per heavy atom. The fraction of sp³-hybridized carbons (Fsp3) is 0.325. The van der Waals surface area contributed by atoms with Crippen molar-refractivity contribution >= 4 is 21.8 Å². The number of fused-ring (bicyclic) bond motifs is 13. The third-order valence-electron chi connectivity index (χ3n) is 12.5. The van der Waals surface area contributed by atoms with Gasteiger partial charge in [-0.2, -0.15) is 0 Å². The first-order valence-corrected chi connectivity index (χ1v) is 31.3. The molecule has 0 amide bonds. The Hall–Kier alpha value is -7.22. The molecule has 0 fully saturated rings. The number of hydrogen-bond acceptors (Lipinski definition) is 0. The van der Waals surface area contributed by atoms with Crippen LogP contribution in [0.1, 0.15) is 183 Å². The van der Waals surface area contributed by atoms with Crippen LogP contribution >= 0.6 is 0 Å². The Kier molecular flexibility index (Phi) is 41.7. The molecule has 81 heavy (non-hydrogen) atoms. The highest BCUT2D eigenvalue weighted by Crippen LogP contribution is 2.63. The van der Waals surface area contributed by atoms with Crippen molar-refractivity contribution in [3.8, 4) is 33.4 Å². The SMILES string of the molecule is CC.CC.CC.CC.CC.CC.CC.CC.CC.CC.Cc1cccc2c1-c1ccccc1C21c2ccccc2-c2c(C)cccc21.Cc1ccccc1.Cc1ccccc1-c1ccccc1.Cn1c2ccccc2c2ccccc21. The molecule has 0 aliphatic heterocycles. The molecule has 0 atom stereocenters. The predicted molar refractivity (Wildman–Crippen MR) is 374 cm³/mol. The lowest BCUT2D eigenvalue weighted by Crippen LogP contribution is -2.25. The predicted octanol–water partition coefficient (Wildman–Crippen LogP) is 25.9. The topological polar surface area (TPSA) is 4.93 Å². The average Bonchev–Trinajstić information content (AvgIpc) is 2.65. The summed E-state index contributed by atoms with van der Waals surface area (Å²) in [6.45, 7) is 48.7. The standard InChI is InChI=1S/C27H20.C13H11N.C13H12.C7H8.10C2H6/c1-17-9-7-15-23-25(17)19-11-3-5-13-21(19)27(23)22-14-6-4-12-20(22)26-18(2)10-8-16-24(26)27;1-14-12-8-4-2-6-10(12)11-7-3-5-9-13(11)14;1-11-7-5-6-10-13(11)12-8-3-2-4-9-12;1-7-5-3-2-4-6-7;10*1-2/h3-16H,1-2H3;2-9H,1H3;2-10H,1H3;2-6H,1H3;10*1-2H3. The summed E-state index contributed by atoms with van der Waals surface area (Å²) in [6.07, 6.45) is 0. The molecular formula is C80H111N. The highest BCUT2D eigenvalue weighted by atomic mass is 14.9. The number of rotatable bonds is 1. The first-order chi connectivity index (χ1) is 39.9. The number of aryl methyl sites for hydroxylation is 5. The molecule has 0 saturated heterocycles. The molecule has 1 aromatic heterocycles. The van der Waals surface area contributed by atoms with Gasteiger partial charge in [0.15, 0.2) is 0 Å². The number of nitrogens with zero attached hydrogens (tertiary/aromatic N) is 1. The molecule has 10 aromatic rings. The quantitative estimate of drug-likeness (QED) is 0.154. The third-order valence-corrected chi connectivity index (χ3v) is 12.5. The number of benzene rings is 9. The second-order valence-corrected chi connectivity index (χ2v) is 16.3. The minimum Gasteiger partial charge on any atom is -0.344 e. The van der Waals surface area contributed by atoms with Crippen molar-refractivity contribution in [1.29, 1.82) is 0 Å². The molecule has 9 aromatic carbocycles. The van der Waals surface area contributed by atoms with E-state index in [0.717, 1.165) is 0 Å². The summed E-state index contributed by atoms with van der Waals surface area (Å²) in [4.78, 5) is 0. The second-order valence-electron chi connectivity index (χ2n) is 16.3. The molecule has 0 unspecified atom stereocenters. The Bertz CT molecular complexity index is 2980. The lowest BCUT2D eigenvalue weighted by molar-refractivity contribution is 0.793. The van der Waals surface area contributed by atoms with Crippen molar-refractivity contribution in [3.63, 3.8) is 0 Å².